The first-order valence-electron chi connectivity index (χ1n) is 5.40. The van der Waals surface area contributed by atoms with E-state index in [-0.39, 0.29) is 18.2 Å². The summed E-state index contributed by atoms with van der Waals surface area (Å²) in [7, 11) is 0. The summed E-state index contributed by atoms with van der Waals surface area (Å²) in [4.78, 5) is 0. The molecule has 1 aromatic carbocycles. The topological polar surface area (TPSA) is 21.3 Å². The molecule has 1 atom stereocenters. The minimum atomic E-state index is -0.517. The van der Waals surface area contributed by atoms with Gasteiger partial charge in [-0.15, -0.1) is 0 Å². The number of nitrogens with one attached hydrogen (secondary N) is 1. The molecule has 0 aromatic heterocycles. The Labute approximate surface area is 94.6 Å². The molecule has 0 amide bonds. The molecule has 0 aliphatic heterocycles. The highest BCUT2D eigenvalue weighted by Crippen LogP contribution is 2.11. The number of halogens is 2. The fourth-order valence-electron chi connectivity index (χ4n) is 1.45. The van der Waals surface area contributed by atoms with Crippen LogP contribution in [0.2, 0.25) is 0 Å². The zero-order chi connectivity index (χ0) is 12.0. The average Bonchev–Trinajstić information content (AvgIpc) is 2.23. The van der Waals surface area contributed by atoms with Crippen molar-refractivity contribution in [3.63, 3.8) is 0 Å². The maximum Gasteiger partial charge on any atom is 0.130 e. The van der Waals surface area contributed by atoms with Gasteiger partial charge in [0.25, 0.3) is 0 Å². The van der Waals surface area contributed by atoms with Crippen LogP contribution >= 0.6 is 0 Å². The van der Waals surface area contributed by atoms with Gasteiger partial charge in [0.2, 0.25) is 0 Å². The van der Waals surface area contributed by atoms with Crippen LogP contribution in [0.4, 0.5) is 8.78 Å². The van der Waals surface area contributed by atoms with E-state index in [0.717, 1.165) is 0 Å². The minimum absolute atomic E-state index is 0.0415. The second-order valence-corrected chi connectivity index (χ2v) is 3.60. The number of rotatable bonds is 6. The molecule has 0 aliphatic rings. The summed E-state index contributed by atoms with van der Waals surface area (Å²) in [6.45, 7) is 5.20. The molecular formula is C12H17F2NO. The van der Waals surface area contributed by atoms with Gasteiger partial charge in [-0.1, -0.05) is 6.07 Å². The van der Waals surface area contributed by atoms with Gasteiger partial charge < -0.3 is 10.1 Å². The van der Waals surface area contributed by atoms with E-state index in [2.05, 4.69) is 5.32 Å². The van der Waals surface area contributed by atoms with E-state index in [1.165, 1.54) is 18.2 Å². The molecule has 1 N–H and O–H groups in total. The Morgan fingerprint density at radius 2 is 1.94 bits per heavy atom. The maximum absolute atomic E-state index is 13.2. The van der Waals surface area contributed by atoms with E-state index >= 15 is 0 Å². The van der Waals surface area contributed by atoms with Gasteiger partial charge in [-0.2, -0.15) is 0 Å². The Kier molecular flexibility index (Phi) is 5.35. The lowest BCUT2D eigenvalue weighted by Crippen LogP contribution is -2.27. The van der Waals surface area contributed by atoms with Crippen LogP contribution in [0.1, 0.15) is 19.4 Å². The summed E-state index contributed by atoms with van der Waals surface area (Å²) in [6.07, 6.45) is 0.0415. The lowest BCUT2D eigenvalue weighted by molar-refractivity contribution is 0.0758. The van der Waals surface area contributed by atoms with Crippen LogP contribution in [0.15, 0.2) is 18.2 Å². The highest BCUT2D eigenvalue weighted by atomic mass is 19.1. The number of ether oxygens (including phenoxy) is 1. The molecule has 0 fully saturated rings. The van der Waals surface area contributed by atoms with Crippen molar-refractivity contribution in [2.24, 2.45) is 0 Å². The van der Waals surface area contributed by atoms with Crippen LogP contribution in [0.5, 0.6) is 0 Å². The van der Waals surface area contributed by atoms with Crippen molar-refractivity contribution < 1.29 is 13.5 Å². The predicted molar refractivity (Wildman–Crippen MR) is 59.2 cm³/mol. The third kappa shape index (κ3) is 3.87. The molecule has 16 heavy (non-hydrogen) atoms. The number of benzene rings is 1. The summed E-state index contributed by atoms with van der Waals surface area (Å²) in [5, 5.41) is 2.96. The van der Waals surface area contributed by atoms with Crippen molar-refractivity contribution >= 4 is 0 Å². The lowest BCUT2D eigenvalue weighted by atomic mass is 10.2. The van der Waals surface area contributed by atoms with Crippen LogP contribution in [0.3, 0.4) is 0 Å². The highest BCUT2D eigenvalue weighted by molar-refractivity contribution is 5.19. The number of hydrogen-bond donors (Lipinski definition) is 1. The summed E-state index contributed by atoms with van der Waals surface area (Å²) >= 11 is 0. The molecule has 1 rings (SSSR count). The minimum Gasteiger partial charge on any atom is -0.377 e. The molecular weight excluding hydrogens is 212 g/mol. The Balaban J connectivity index is 2.43. The molecule has 90 valence electrons. The van der Waals surface area contributed by atoms with E-state index in [1.807, 2.05) is 13.8 Å². The van der Waals surface area contributed by atoms with Crippen molar-refractivity contribution in [3.05, 3.63) is 35.4 Å². The zero-order valence-corrected chi connectivity index (χ0v) is 9.59. The van der Waals surface area contributed by atoms with Gasteiger partial charge in [0.15, 0.2) is 0 Å². The van der Waals surface area contributed by atoms with Gasteiger partial charge in [0.05, 0.1) is 6.10 Å². The molecule has 0 saturated carbocycles. The molecule has 0 aliphatic carbocycles. The fourth-order valence-corrected chi connectivity index (χ4v) is 1.45. The van der Waals surface area contributed by atoms with Crippen LogP contribution in [0, 0.1) is 11.6 Å². The zero-order valence-electron chi connectivity index (χ0n) is 9.59. The summed E-state index contributed by atoms with van der Waals surface area (Å²) in [5.74, 6) is -1.03. The Bertz CT molecular complexity index is 311. The summed E-state index contributed by atoms with van der Waals surface area (Å²) in [6, 6.07) is 3.87. The quantitative estimate of drug-likeness (QED) is 0.809. The summed E-state index contributed by atoms with van der Waals surface area (Å²) < 4.78 is 31.7. The van der Waals surface area contributed by atoms with E-state index in [4.69, 9.17) is 4.74 Å². The molecule has 1 aromatic rings. The standard InChI is InChI=1S/C12H17F2NO/c1-3-16-9(2)7-15-8-10-11(13)5-4-6-12(10)14/h4-6,9,15H,3,7-8H2,1-2H3. The van der Waals surface area contributed by atoms with Crippen LogP contribution in [-0.4, -0.2) is 19.3 Å². The van der Waals surface area contributed by atoms with Crippen LogP contribution in [0.25, 0.3) is 0 Å². The molecule has 0 spiro atoms. The van der Waals surface area contributed by atoms with Crippen molar-refractivity contribution in [2.45, 2.75) is 26.5 Å². The van der Waals surface area contributed by atoms with E-state index in [0.29, 0.717) is 13.2 Å². The molecule has 4 heteroatoms. The average molecular weight is 229 g/mol. The van der Waals surface area contributed by atoms with E-state index in [9.17, 15) is 8.78 Å². The molecule has 0 saturated heterocycles. The van der Waals surface area contributed by atoms with Crippen molar-refractivity contribution in [1.29, 1.82) is 0 Å². The Morgan fingerprint density at radius 1 is 1.31 bits per heavy atom. The second kappa shape index (κ2) is 6.55. The molecule has 1 unspecified atom stereocenters. The highest BCUT2D eigenvalue weighted by Gasteiger charge is 2.08. The van der Waals surface area contributed by atoms with Gasteiger partial charge in [-0.05, 0) is 26.0 Å². The Morgan fingerprint density at radius 3 is 2.50 bits per heavy atom. The van der Waals surface area contributed by atoms with Gasteiger partial charge in [-0.25, -0.2) is 8.78 Å². The lowest BCUT2D eigenvalue weighted by Gasteiger charge is -2.13. The second-order valence-electron chi connectivity index (χ2n) is 3.60. The van der Waals surface area contributed by atoms with Gasteiger partial charge in [0, 0.05) is 25.3 Å². The molecule has 0 bridgehead atoms. The molecule has 0 heterocycles. The fraction of sp³-hybridized carbons (Fsp3) is 0.500. The normalized spacial score (nSPS) is 12.8. The van der Waals surface area contributed by atoms with Crippen molar-refractivity contribution in [2.75, 3.05) is 13.2 Å². The SMILES string of the molecule is CCOC(C)CNCc1c(F)cccc1F. The van der Waals surface area contributed by atoms with E-state index in [1.54, 1.807) is 0 Å². The summed E-state index contributed by atoms with van der Waals surface area (Å²) in [5.41, 5.74) is 0.0752. The maximum atomic E-state index is 13.2. The first-order valence-corrected chi connectivity index (χ1v) is 5.40. The number of hydrogen-bond acceptors (Lipinski definition) is 2. The smallest absolute Gasteiger partial charge is 0.130 e. The monoisotopic (exact) mass is 229 g/mol. The van der Waals surface area contributed by atoms with E-state index < -0.39 is 11.6 Å². The molecule has 2 nitrogen and oxygen atoms in total. The third-order valence-electron chi connectivity index (χ3n) is 2.25. The molecule has 0 radical (unpaired) electrons. The van der Waals surface area contributed by atoms with Gasteiger partial charge in [-0.3, -0.25) is 0 Å². The van der Waals surface area contributed by atoms with Gasteiger partial charge in [0.1, 0.15) is 11.6 Å². The van der Waals surface area contributed by atoms with Crippen molar-refractivity contribution in [3.8, 4) is 0 Å². The predicted octanol–water partition coefficient (Wildman–Crippen LogP) is 2.48. The largest absolute Gasteiger partial charge is 0.377 e. The Hall–Kier alpha value is -1.00. The first-order chi connectivity index (χ1) is 7.65. The van der Waals surface area contributed by atoms with Gasteiger partial charge >= 0.3 is 0 Å². The first kappa shape index (κ1) is 13.1. The van der Waals surface area contributed by atoms with Crippen LogP contribution in [-0.2, 0) is 11.3 Å². The van der Waals surface area contributed by atoms with Crippen LogP contribution < -0.4 is 5.32 Å². The van der Waals surface area contributed by atoms with Crippen molar-refractivity contribution in [1.82, 2.24) is 5.32 Å². The third-order valence-corrected chi connectivity index (χ3v) is 2.25.